The molecular weight excluding hydrogens is 184 g/mol. The summed E-state index contributed by atoms with van der Waals surface area (Å²) >= 11 is 0. The third kappa shape index (κ3) is 6.21. The van der Waals surface area contributed by atoms with Gasteiger partial charge in [-0.25, -0.2) is 0 Å². The maximum absolute atomic E-state index is 9.81. The molecule has 0 radical (unpaired) electrons. The molecule has 0 bridgehead atoms. The van der Waals surface area contributed by atoms with Gasteiger partial charge in [0.05, 0.1) is 0 Å². The zero-order valence-electron chi connectivity index (χ0n) is 9.01. The summed E-state index contributed by atoms with van der Waals surface area (Å²) in [7, 11) is -1.24. The first kappa shape index (κ1) is 13.1. The van der Waals surface area contributed by atoms with Gasteiger partial charge in [0.25, 0.3) is 0 Å². The van der Waals surface area contributed by atoms with Gasteiger partial charge in [0.1, 0.15) is 0 Å². The fraction of sp³-hybridized carbons (Fsp3) is 1.00. The van der Waals surface area contributed by atoms with Gasteiger partial charge in [-0.15, -0.1) is 0 Å². The standard InChI is InChI=1S/C9H22O3Si/c1-4-6-7-8-9-13(10,11-3)12-5-2/h10H,4-9H2,1-3H3. The van der Waals surface area contributed by atoms with Crippen LogP contribution in [0.2, 0.25) is 6.04 Å². The lowest BCUT2D eigenvalue weighted by Gasteiger charge is -2.21. The molecule has 0 aliphatic heterocycles. The molecule has 0 aliphatic rings. The predicted molar refractivity (Wildman–Crippen MR) is 55.6 cm³/mol. The zero-order valence-corrected chi connectivity index (χ0v) is 10.0. The number of unbranched alkanes of at least 4 members (excludes halogenated alkanes) is 3. The van der Waals surface area contributed by atoms with E-state index < -0.39 is 8.80 Å². The minimum absolute atomic E-state index is 0.532. The fourth-order valence-corrected chi connectivity index (χ4v) is 2.85. The van der Waals surface area contributed by atoms with Gasteiger partial charge in [-0.3, -0.25) is 0 Å². The SMILES string of the molecule is CCCCCC[Si](O)(OC)OCC. The Balaban J connectivity index is 3.57. The van der Waals surface area contributed by atoms with E-state index in [9.17, 15) is 4.80 Å². The highest BCUT2D eigenvalue weighted by Gasteiger charge is 2.34. The van der Waals surface area contributed by atoms with Crippen molar-refractivity contribution in [3.05, 3.63) is 0 Å². The van der Waals surface area contributed by atoms with E-state index in [0.717, 1.165) is 12.8 Å². The zero-order chi connectivity index (χ0) is 10.2. The van der Waals surface area contributed by atoms with Crippen LogP contribution in [0.25, 0.3) is 0 Å². The van der Waals surface area contributed by atoms with E-state index in [1.807, 2.05) is 6.92 Å². The van der Waals surface area contributed by atoms with Gasteiger partial charge >= 0.3 is 8.80 Å². The van der Waals surface area contributed by atoms with Gasteiger partial charge in [0.2, 0.25) is 0 Å². The minimum atomic E-state index is -2.77. The van der Waals surface area contributed by atoms with Gasteiger partial charge in [-0.05, 0) is 13.3 Å². The Morgan fingerprint density at radius 2 is 1.85 bits per heavy atom. The van der Waals surface area contributed by atoms with Crippen LogP contribution in [0.3, 0.4) is 0 Å². The van der Waals surface area contributed by atoms with Crippen molar-refractivity contribution < 1.29 is 13.6 Å². The van der Waals surface area contributed by atoms with E-state index in [1.54, 1.807) is 0 Å². The minimum Gasteiger partial charge on any atom is -0.390 e. The molecule has 0 aromatic carbocycles. The van der Waals surface area contributed by atoms with Gasteiger partial charge in [-0.2, -0.15) is 0 Å². The van der Waals surface area contributed by atoms with Gasteiger partial charge in [-0.1, -0.05) is 26.2 Å². The predicted octanol–water partition coefficient (Wildman–Crippen LogP) is 2.18. The number of rotatable bonds is 8. The summed E-state index contributed by atoms with van der Waals surface area (Å²) in [6.45, 7) is 4.58. The quantitative estimate of drug-likeness (QED) is 0.489. The Morgan fingerprint density at radius 3 is 2.31 bits per heavy atom. The lowest BCUT2D eigenvalue weighted by molar-refractivity contribution is 0.127. The Labute approximate surface area is 82.4 Å². The average molecular weight is 206 g/mol. The van der Waals surface area contributed by atoms with Gasteiger partial charge in [0, 0.05) is 19.8 Å². The molecular formula is C9H22O3Si. The summed E-state index contributed by atoms with van der Waals surface area (Å²) in [5.41, 5.74) is 0. The van der Waals surface area contributed by atoms with Crippen molar-refractivity contribution in [2.24, 2.45) is 0 Å². The molecule has 0 saturated carbocycles. The molecule has 0 heterocycles. The van der Waals surface area contributed by atoms with Crippen LogP contribution in [0.5, 0.6) is 0 Å². The first-order chi connectivity index (χ1) is 6.18. The number of hydrogen-bond acceptors (Lipinski definition) is 3. The van der Waals surface area contributed by atoms with Crippen LogP contribution >= 0.6 is 0 Å². The molecule has 0 spiro atoms. The molecule has 0 amide bonds. The highest BCUT2D eigenvalue weighted by molar-refractivity contribution is 6.59. The highest BCUT2D eigenvalue weighted by atomic mass is 28.4. The molecule has 1 atom stereocenters. The van der Waals surface area contributed by atoms with Crippen molar-refractivity contribution in [3.63, 3.8) is 0 Å². The number of hydrogen-bond donors (Lipinski definition) is 1. The summed E-state index contributed by atoms with van der Waals surface area (Å²) in [5, 5.41) is 0. The Morgan fingerprint density at radius 1 is 1.15 bits per heavy atom. The average Bonchev–Trinajstić information content (AvgIpc) is 2.13. The Hall–Kier alpha value is 0.0969. The second-order valence-corrected chi connectivity index (χ2v) is 5.78. The molecule has 0 aromatic rings. The lowest BCUT2D eigenvalue weighted by Crippen LogP contribution is -2.41. The smallest absolute Gasteiger partial charge is 0.390 e. The topological polar surface area (TPSA) is 38.7 Å². The third-order valence-corrected chi connectivity index (χ3v) is 4.40. The third-order valence-electron chi connectivity index (χ3n) is 2.04. The normalized spacial score (nSPS) is 15.7. The van der Waals surface area contributed by atoms with Crippen molar-refractivity contribution in [1.29, 1.82) is 0 Å². The maximum Gasteiger partial charge on any atom is 0.497 e. The molecule has 0 fully saturated rings. The maximum atomic E-state index is 9.81. The van der Waals surface area contributed by atoms with Crippen LogP contribution in [-0.4, -0.2) is 27.3 Å². The molecule has 1 N–H and O–H groups in total. The summed E-state index contributed by atoms with van der Waals surface area (Å²) in [6, 6.07) is 0.692. The van der Waals surface area contributed by atoms with Gasteiger partial charge in [0.15, 0.2) is 0 Å². The monoisotopic (exact) mass is 206 g/mol. The van der Waals surface area contributed by atoms with Crippen molar-refractivity contribution in [1.82, 2.24) is 0 Å². The van der Waals surface area contributed by atoms with Crippen LogP contribution in [0.4, 0.5) is 0 Å². The first-order valence-corrected chi connectivity index (χ1v) is 7.07. The molecule has 4 heteroatoms. The molecule has 0 aliphatic carbocycles. The largest absolute Gasteiger partial charge is 0.497 e. The fourth-order valence-electron chi connectivity index (χ4n) is 1.23. The highest BCUT2D eigenvalue weighted by Crippen LogP contribution is 2.14. The van der Waals surface area contributed by atoms with Crippen molar-refractivity contribution in [2.75, 3.05) is 13.7 Å². The van der Waals surface area contributed by atoms with E-state index in [0.29, 0.717) is 12.7 Å². The summed E-state index contributed by atoms with van der Waals surface area (Å²) in [5.74, 6) is 0. The van der Waals surface area contributed by atoms with Gasteiger partial charge < -0.3 is 13.6 Å². The lowest BCUT2D eigenvalue weighted by atomic mass is 10.2. The summed E-state index contributed by atoms with van der Waals surface area (Å²) in [6.07, 6.45) is 4.59. The van der Waals surface area contributed by atoms with Crippen LogP contribution < -0.4 is 0 Å². The van der Waals surface area contributed by atoms with Crippen molar-refractivity contribution in [2.45, 2.75) is 45.6 Å². The molecule has 1 unspecified atom stereocenters. The van der Waals surface area contributed by atoms with Crippen LogP contribution in [0.1, 0.15) is 39.5 Å². The van der Waals surface area contributed by atoms with Crippen molar-refractivity contribution >= 4 is 8.80 Å². The van der Waals surface area contributed by atoms with E-state index >= 15 is 0 Å². The molecule has 13 heavy (non-hydrogen) atoms. The molecule has 0 rings (SSSR count). The van der Waals surface area contributed by atoms with Crippen LogP contribution in [-0.2, 0) is 8.85 Å². The van der Waals surface area contributed by atoms with Crippen LogP contribution in [0, 0.1) is 0 Å². The van der Waals surface area contributed by atoms with E-state index in [-0.39, 0.29) is 0 Å². The second kappa shape index (κ2) is 7.50. The van der Waals surface area contributed by atoms with Crippen LogP contribution in [0.15, 0.2) is 0 Å². The van der Waals surface area contributed by atoms with Crippen molar-refractivity contribution in [3.8, 4) is 0 Å². The molecule has 0 saturated heterocycles. The summed E-state index contributed by atoms with van der Waals surface area (Å²) in [4.78, 5) is 9.81. The van der Waals surface area contributed by atoms with E-state index in [1.165, 1.54) is 20.0 Å². The molecule has 0 aromatic heterocycles. The Bertz CT molecular complexity index is 121. The second-order valence-electron chi connectivity index (χ2n) is 3.16. The first-order valence-electron chi connectivity index (χ1n) is 5.10. The molecule has 80 valence electrons. The van der Waals surface area contributed by atoms with E-state index in [2.05, 4.69) is 6.92 Å². The summed E-state index contributed by atoms with van der Waals surface area (Å²) < 4.78 is 10.3. The molecule has 3 nitrogen and oxygen atoms in total. The Kier molecular flexibility index (Phi) is 7.55. The van der Waals surface area contributed by atoms with E-state index in [4.69, 9.17) is 8.85 Å².